The molecule has 2 rings (SSSR count). The van der Waals surface area contributed by atoms with E-state index in [2.05, 4.69) is 5.32 Å². The molecule has 2 amide bonds. The number of benzene rings is 2. The van der Waals surface area contributed by atoms with Crippen molar-refractivity contribution in [3.8, 4) is 17.6 Å². The maximum Gasteiger partial charge on any atom is 0.266 e. The highest BCUT2D eigenvalue weighted by Crippen LogP contribution is 2.35. The molecule has 2 aromatic carbocycles. The summed E-state index contributed by atoms with van der Waals surface area (Å²) < 4.78 is 11.7. The first-order chi connectivity index (χ1) is 14.2. The van der Waals surface area contributed by atoms with E-state index in [1.165, 1.54) is 6.08 Å². The first-order valence-electron chi connectivity index (χ1n) is 8.81. The third kappa shape index (κ3) is 6.37. The van der Waals surface area contributed by atoms with E-state index in [-0.39, 0.29) is 12.2 Å². The van der Waals surface area contributed by atoms with E-state index < -0.39 is 11.8 Å². The second kappa shape index (κ2) is 10.8. The first-order valence-corrected chi connectivity index (χ1v) is 10.3. The van der Waals surface area contributed by atoms with Gasteiger partial charge in [0, 0.05) is 10.7 Å². The van der Waals surface area contributed by atoms with Crippen LogP contribution in [0.2, 0.25) is 5.02 Å². The van der Waals surface area contributed by atoms with Crippen molar-refractivity contribution >= 4 is 57.8 Å². The summed E-state index contributed by atoms with van der Waals surface area (Å²) in [6, 6.07) is 10.3. The van der Waals surface area contributed by atoms with Gasteiger partial charge in [0.15, 0.2) is 18.1 Å². The molecule has 156 valence electrons. The van der Waals surface area contributed by atoms with Crippen molar-refractivity contribution in [2.45, 2.75) is 13.8 Å². The predicted molar refractivity (Wildman–Crippen MR) is 123 cm³/mol. The molecule has 9 heteroatoms. The Bertz CT molecular complexity index is 1050. The maximum atomic E-state index is 12.6. The number of primary amides is 1. The van der Waals surface area contributed by atoms with Crippen LogP contribution in [0.25, 0.3) is 6.08 Å². The number of nitrogens with two attached hydrogens (primary N) is 1. The highest BCUT2D eigenvalue weighted by molar-refractivity contribution is 14.1. The van der Waals surface area contributed by atoms with Gasteiger partial charge < -0.3 is 20.5 Å². The van der Waals surface area contributed by atoms with E-state index in [4.69, 9.17) is 26.8 Å². The Kier molecular flexibility index (Phi) is 8.50. The monoisotopic (exact) mass is 539 g/mol. The number of nitrogens with zero attached hydrogens (tertiary/aromatic N) is 1. The van der Waals surface area contributed by atoms with Gasteiger partial charge in [-0.1, -0.05) is 11.6 Å². The molecular formula is C21H19ClIN3O4. The molecule has 0 unspecified atom stereocenters. The average molecular weight is 540 g/mol. The van der Waals surface area contributed by atoms with E-state index in [0.29, 0.717) is 37.9 Å². The zero-order valence-corrected chi connectivity index (χ0v) is 19.2. The van der Waals surface area contributed by atoms with Crippen molar-refractivity contribution in [3.63, 3.8) is 0 Å². The van der Waals surface area contributed by atoms with Crippen molar-refractivity contribution in [2.24, 2.45) is 5.73 Å². The summed E-state index contributed by atoms with van der Waals surface area (Å²) >= 11 is 7.95. The number of hydrogen-bond donors (Lipinski definition) is 2. The van der Waals surface area contributed by atoms with Crippen molar-refractivity contribution in [3.05, 3.63) is 55.6 Å². The number of anilines is 1. The summed E-state index contributed by atoms with van der Waals surface area (Å²) in [5.74, 6) is -0.417. The standard InChI is InChI=1S/C21H19ClIN3O4/c1-3-29-18-9-13(8-16(23)20(18)30-11-19(25)27)7-14(10-24)21(28)26-17-5-4-15(22)6-12(17)2/h4-9H,3,11H2,1-2H3,(H2,25,27)(H,26,28)/b14-7+. The smallest absolute Gasteiger partial charge is 0.266 e. The molecule has 2 aromatic rings. The highest BCUT2D eigenvalue weighted by atomic mass is 127. The number of carbonyl (C=O) groups excluding carboxylic acids is 2. The first kappa shape index (κ1) is 23.5. The Hall–Kier alpha value is -2.77. The van der Waals surface area contributed by atoms with Gasteiger partial charge >= 0.3 is 0 Å². The van der Waals surface area contributed by atoms with Crippen LogP contribution in [0.15, 0.2) is 35.9 Å². The fourth-order valence-corrected chi connectivity index (χ4v) is 3.50. The molecule has 0 radical (unpaired) electrons. The molecule has 0 atom stereocenters. The molecule has 0 spiro atoms. The van der Waals surface area contributed by atoms with E-state index in [9.17, 15) is 14.9 Å². The van der Waals surface area contributed by atoms with Gasteiger partial charge in [0.1, 0.15) is 11.6 Å². The number of nitriles is 1. The quantitative estimate of drug-likeness (QED) is 0.298. The van der Waals surface area contributed by atoms with Crippen LogP contribution in [0, 0.1) is 21.8 Å². The average Bonchev–Trinajstić information content (AvgIpc) is 2.67. The number of hydrogen-bond acceptors (Lipinski definition) is 5. The van der Waals surface area contributed by atoms with E-state index >= 15 is 0 Å². The molecule has 7 nitrogen and oxygen atoms in total. The van der Waals surface area contributed by atoms with Gasteiger partial charge in [0.25, 0.3) is 11.8 Å². The maximum absolute atomic E-state index is 12.6. The molecule has 0 aliphatic carbocycles. The lowest BCUT2D eigenvalue weighted by atomic mass is 10.1. The van der Waals surface area contributed by atoms with Gasteiger partial charge in [-0.15, -0.1) is 0 Å². The molecule has 0 saturated heterocycles. The zero-order chi connectivity index (χ0) is 22.3. The van der Waals surface area contributed by atoms with Gasteiger partial charge in [0.2, 0.25) is 0 Å². The topological polar surface area (TPSA) is 114 Å². The van der Waals surface area contributed by atoms with Crippen LogP contribution in [-0.2, 0) is 9.59 Å². The minimum Gasteiger partial charge on any atom is -0.490 e. The van der Waals surface area contributed by atoms with Gasteiger partial charge in [-0.25, -0.2) is 0 Å². The van der Waals surface area contributed by atoms with Crippen LogP contribution in [0.3, 0.4) is 0 Å². The number of rotatable bonds is 8. The summed E-state index contributed by atoms with van der Waals surface area (Å²) in [6.45, 7) is 3.67. The number of nitrogens with one attached hydrogen (secondary N) is 1. The SMILES string of the molecule is CCOc1cc(/C=C(\C#N)C(=O)Nc2ccc(Cl)cc2C)cc(I)c1OCC(N)=O. The number of amides is 2. The Labute approximate surface area is 192 Å². The lowest BCUT2D eigenvalue weighted by Crippen LogP contribution is -2.20. The zero-order valence-electron chi connectivity index (χ0n) is 16.3. The highest BCUT2D eigenvalue weighted by Gasteiger charge is 2.15. The Balaban J connectivity index is 2.34. The van der Waals surface area contributed by atoms with Crippen LogP contribution in [0.5, 0.6) is 11.5 Å². The van der Waals surface area contributed by atoms with Gasteiger partial charge in [-0.2, -0.15) is 5.26 Å². The van der Waals surface area contributed by atoms with Crippen molar-refractivity contribution in [2.75, 3.05) is 18.5 Å². The largest absolute Gasteiger partial charge is 0.490 e. The third-order valence-electron chi connectivity index (χ3n) is 3.80. The molecular weight excluding hydrogens is 521 g/mol. The molecule has 0 fully saturated rings. The second-order valence-corrected chi connectivity index (χ2v) is 7.70. The van der Waals surface area contributed by atoms with Crippen LogP contribution < -0.4 is 20.5 Å². The normalized spacial score (nSPS) is 10.8. The summed E-state index contributed by atoms with van der Waals surface area (Å²) in [4.78, 5) is 23.6. The number of carbonyl (C=O) groups is 2. The lowest BCUT2D eigenvalue weighted by Gasteiger charge is -2.14. The van der Waals surface area contributed by atoms with E-state index in [1.807, 2.05) is 28.7 Å². The van der Waals surface area contributed by atoms with Crippen LogP contribution in [0.4, 0.5) is 5.69 Å². The van der Waals surface area contributed by atoms with E-state index in [1.54, 1.807) is 44.2 Å². The van der Waals surface area contributed by atoms with Crippen LogP contribution >= 0.6 is 34.2 Å². The molecule has 30 heavy (non-hydrogen) atoms. The molecule has 0 aliphatic heterocycles. The lowest BCUT2D eigenvalue weighted by molar-refractivity contribution is -0.120. The minimum absolute atomic E-state index is 0.0894. The molecule has 0 saturated carbocycles. The molecule has 0 heterocycles. The third-order valence-corrected chi connectivity index (χ3v) is 4.84. The molecule has 0 aromatic heterocycles. The number of ether oxygens (including phenoxy) is 2. The summed E-state index contributed by atoms with van der Waals surface area (Å²) in [7, 11) is 0. The predicted octanol–water partition coefficient (Wildman–Crippen LogP) is 4.06. The van der Waals surface area contributed by atoms with Gasteiger partial charge in [-0.3, -0.25) is 9.59 Å². The number of halogens is 2. The van der Waals surface area contributed by atoms with Crippen molar-refractivity contribution in [1.82, 2.24) is 0 Å². The Morgan fingerprint density at radius 2 is 2.03 bits per heavy atom. The van der Waals surface area contributed by atoms with Gasteiger partial charge in [-0.05, 0) is 84.0 Å². The summed E-state index contributed by atoms with van der Waals surface area (Å²) in [5.41, 5.74) is 6.95. The summed E-state index contributed by atoms with van der Waals surface area (Å²) in [5, 5.41) is 12.7. The van der Waals surface area contributed by atoms with Crippen molar-refractivity contribution in [1.29, 1.82) is 5.26 Å². The fourth-order valence-electron chi connectivity index (χ4n) is 2.49. The fraction of sp³-hybridized carbons (Fsp3) is 0.190. The second-order valence-electron chi connectivity index (χ2n) is 6.10. The Morgan fingerprint density at radius 1 is 1.30 bits per heavy atom. The minimum atomic E-state index is -0.613. The molecule has 3 N–H and O–H groups in total. The van der Waals surface area contributed by atoms with E-state index in [0.717, 1.165) is 5.56 Å². The molecule has 0 aliphatic rings. The van der Waals surface area contributed by atoms with Crippen molar-refractivity contribution < 1.29 is 19.1 Å². The van der Waals surface area contributed by atoms with Gasteiger partial charge in [0.05, 0.1) is 10.2 Å². The van der Waals surface area contributed by atoms with Crippen LogP contribution in [0.1, 0.15) is 18.1 Å². The molecule has 0 bridgehead atoms. The number of aryl methyl sites for hydroxylation is 1. The van der Waals surface area contributed by atoms with Crippen LogP contribution in [-0.4, -0.2) is 25.0 Å². The summed E-state index contributed by atoms with van der Waals surface area (Å²) in [6.07, 6.45) is 1.45. The Morgan fingerprint density at radius 3 is 2.63 bits per heavy atom.